The Morgan fingerprint density at radius 1 is 1.04 bits per heavy atom. The topological polar surface area (TPSA) is 118 Å². The average molecular weight is 389 g/mol. The first-order valence-electron chi connectivity index (χ1n) is 7.14. The summed E-state index contributed by atoms with van der Waals surface area (Å²) in [6.45, 7) is 0. The third-order valence-electron chi connectivity index (χ3n) is 3.56. The lowest BCUT2D eigenvalue weighted by atomic mass is 10.1. The van der Waals surface area contributed by atoms with E-state index in [0.717, 1.165) is 17.8 Å². The number of anilines is 1. The van der Waals surface area contributed by atoms with Gasteiger partial charge in [-0.2, -0.15) is 0 Å². The van der Waals surface area contributed by atoms with Crippen molar-refractivity contribution in [3.8, 4) is 17.2 Å². The number of aromatic carboxylic acids is 1. The second kappa shape index (κ2) is 6.70. The van der Waals surface area contributed by atoms with E-state index in [1.165, 1.54) is 41.3 Å². The highest BCUT2D eigenvalue weighted by Gasteiger charge is 2.33. The van der Waals surface area contributed by atoms with Crippen LogP contribution in [0.3, 0.4) is 0 Å². The molecule has 3 rings (SSSR count). The van der Waals surface area contributed by atoms with Crippen molar-refractivity contribution in [2.45, 2.75) is 0 Å². The van der Waals surface area contributed by atoms with Gasteiger partial charge >= 0.3 is 5.97 Å². The molecule has 1 aliphatic heterocycles. The number of carbonyl (C=O) groups excluding carboxylic acids is 1. The summed E-state index contributed by atoms with van der Waals surface area (Å²) in [5, 5.41) is 37.7. The van der Waals surface area contributed by atoms with E-state index < -0.39 is 17.6 Å². The number of carbonyl (C=O) groups is 2. The van der Waals surface area contributed by atoms with Gasteiger partial charge in [0.05, 0.1) is 10.6 Å². The fourth-order valence-corrected chi connectivity index (χ4v) is 3.61. The van der Waals surface area contributed by atoms with Crippen molar-refractivity contribution in [3.05, 3.63) is 52.4 Å². The number of hydrogen-bond acceptors (Lipinski definition) is 7. The second-order valence-electron chi connectivity index (χ2n) is 5.27. The quantitative estimate of drug-likeness (QED) is 0.360. The molecule has 7 nitrogen and oxygen atoms in total. The summed E-state index contributed by atoms with van der Waals surface area (Å²) in [6.07, 6.45) is 1.50. The summed E-state index contributed by atoms with van der Waals surface area (Å²) in [5.41, 5.74) is 0.450. The fourth-order valence-electron chi connectivity index (χ4n) is 2.31. The van der Waals surface area contributed by atoms with Crippen LogP contribution < -0.4 is 4.90 Å². The lowest BCUT2D eigenvalue weighted by Crippen LogP contribution is -2.27. The Labute approximate surface area is 156 Å². The monoisotopic (exact) mass is 389 g/mol. The molecule has 132 valence electrons. The molecule has 4 N–H and O–H groups in total. The largest absolute Gasteiger partial charge is 0.507 e. The summed E-state index contributed by atoms with van der Waals surface area (Å²) >= 11 is 6.23. The summed E-state index contributed by atoms with van der Waals surface area (Å²) in [6, 6.07) is 7.84. The van der Waals surface area contributed by atoms with Crippen LogP contribution >= 0.6 is 24.0 Å². The third kappa shape index (κ3) is 3.22. The zero-order valence-corrected chi connectivity index (χ0v) is 14.5. The van der Waals surface area contributed by atoms with Gasteiger partial charge in [-0.05, 0) is 35.9 Å². The third-order valence-corrected chi connectivity index (χ3v) is 4.86. The highest BCUT2D eigenvalue weighted by atomic mass is 32.2. The minimum absolute atomic E-state index is 0.215. The minimum atomic E-state index is -1.29. The van der Waals surface area contributed by atoms with Crippen LogP contribution in [-0.2, 0) is 4.79 Å². The van der Waals surface area contributed by atoms with Crippen molar-refractivity contribution in [1.82, 2.24) is 0 Å². The number of amides is 1. The van der Waals surface area contributed by atoms with Crippen LogP contribution in [0.15, 0.2) is 41.3 Å². The van der Waals surface area contributed by atoms with Gasteiger partial charge < -0.3 is 20.4 Å². The molecule has 0 aliphatic carbocycles. The summed E-state index contributed by atoms with van der Waals surface area (Å²) < 4.78 is 0.215. The van der Waals surface area contributed by atoms with Crippen LogP contribution in [0.1, 0.15) is 15.9 Å². The molecular weight excluding hydrogens is 378 g/mol. The number of hydrogen-bond donors (Lipinski definition) is 4. The number of thiocarbonyl (C=S) groups is 1. The molecule has 1 heterocycles. The number of aromatic hydroxyl groups is 3. The highest BCUT2D eigenvalue weighted by molar-refractivity contribution is 8.27. The molecule has 2 aromatic carbocycles. The molecule has 0 radical (unpaired) electrons. The smallest absolute Gasteiger partial charge is 0.339 e. The molecule has 0 atom stereocenters. The number of benzene rings is 2. The van der Waals surface area contributed by atoms with Gasteiger partial charge in [-0.15, -0.1) is 0 Å². The Balaban J connectivity index is 1.94. The number of thioether (sulfide) groups is 1. The van der Waals surface area contributed by atoms with Gasteiger partial charge in [0.1, 0.15) is 11.3 Å². The Morgan fingerprint density at radius 2 is 1.77 bits per heavy atom. The zero-order valence-electron chi connectivity index (χ0n) is 12.9. The molecule has 1 aliphatic rings. The number of phenolic OH excluding ortho intramolecular Hbond substituents is 2. The normalized spacial score (nSPS) is 15.7. The minimum Gasteiger partial charge on any atom is -0.507 e. The summed E-state index contributed by atoms with van der Waals surface area (Å²) in [5.74, 6) is -2.80. The molecule has 1 amide bonds. The van der Waals surface area contributed by atoms with Crippen LogP contribution in [-0.4, -0.2) is 36.6 Å². The van der Waals surface area contributed by atoms with E-state index in [4.69, 9.17) is 17.3 Å². The Morgan fingerprint density at radius 3 is 2.38 bits per heavy atom. The molecule has 0 saturated carbocycles. The number of carboxylic acids is 1. The molecule has 0 bridgehead atoms. The van der Waals surface area contributed by atoms with Crippen LogP contribution in [0.25, 0.3) is 6.08 Å². The number of phenols is 3. The van der Waals surface area contributed by atoms with E-state index in [1.54, 1.807) is 0 Å². The molecule has 1 fully saturated rings. The van der Waals surface area contributed by atoms with Gasteiger partial charge in [-0.3, -0.25) is 9.69 Å². The van der Waals surface area contributed by atoms with E-state index in [0.29, 0.717) is 5.56 Å². The van der Waals surface area contributed by atoms with Gasteiger partial charge in [0.2, 0.25) is 0 Å². The van der Waals surface area contributed by atoms with Crippen molar-refractivity contribution in [2.75, 3.05) is 4.90 Å². The van der Waals surface area contributed by atoms with E-state index >= 15 is 0 Å². The van der Waals surface area contributed by atoms with Crippen molar-refractivity contribution in [1.29, 1.82) is 0 Å². The van der Waals surface area contributed by atoms with E-state index in [1.807, 2.05) is 0 Å². The second-order valence-corrected chi connectivity index (χ2v) is 6.95. The predicted octanol–water partition coefficient (Wildman–Crippen LogP) is 2.91. The number of nitrogens with zero attached hydrogens (tertiary/aromatic N) is 1. The molecule has 26 heavy (non-hydrogen) atoms. The number of rotatable bonds is 3. The molecule has 9 heteroatoms. The highest BCUT2D eigenvalue weighted by Crippen LogP contribution is 2.38. The summed E-state index contributed by atoms with van der Waals surface area (Å²) in [7, 11) is 0. The first-order valence-corrected chi connectivity index (χ1v) is 8.36. The van der Waals surface area contributed by atoms with Gasteiger partial charge in [0.15, 0.2) is 15.8 Å². The lowest BCUT2D eigenvalue weighted by Gasteiger charge is -2.15. The average Bonchev–Trinajstić information content (AvgIpc) is 2.84. The molecular formula is C17H11NO6S2. The van der Waals surface area contributed by atoms with Crippen LogP contribution in [0.4, 0.5) is 5.69 Å². The summed E-state index contributed by atoms with van der Waals surface area (Å²) in [4.78, 5) is 25.1. The van der Waals surface area contributed by atoms with Gasteiger partial charge in [0, 0.05) is 6.07 Å². The molecule has 2 aromatic rings. The van der Waals surface area contributed by atoms with Crippen molar-refractivity contribution >= 4 is 51.9 Å². The van der Waals surface area contributed by atoms with E-state index in [-0.39, 0.29) is 32.0 Å². The van der Waals surface area contributed by atoms with Gasteiger partial charge in [0.25, 0.3) is 5.91 Å². The standard InChI is InChI=1S/C17H11NO6S2/c19-11-4-1-8(5-13(11)21)6-14-15(22)18(17(25)26-14)9-2-3-10(16(23)24)12(20)7-9/h1-7,19-21H,(H,23,24). The van der Waals surface area contributed by atoms with Crippen LogP contribution in [0.5, 0.6) is 17.2 Å². The first-order chi connectivity index (χ1) is 12.3. The van der Waals surface area contributed by atoms with E-state index in [9.17, 15) is 24.9 Å². The maximum absolute atomic E-state index is 12.6. The fraction of sp³-hybridized carbons (Fsp3) is 0. The SMILES string of the molecule is O=C(O)c1ccc(N2C(=O)C(=Cc3ccc(O)c(O)c3)SC2=S)cc1O. The molecule has 0 aromatic heterocycles. The van der Waals surface area contributed by atoms with E-state index in [2.05, 4.69) is 0 Å². The van der Waals surface area contributed by atoms with Crippen molar-refractivity contribution in [2.24, 2.45) is 0 Å². The van der Waals surface area contributed by atoms with Crippen molar-refractivity contribution in [3.63, 3.8) is 0 Å². The van der Waals surface area contributed by atoms with Crippen molar-refractivity contribution < 1.29 is 30.0 Å². The predicted molar refractivity (Wildman–Crippen MR) is 100 cm³/mol. The van der Waals surface area contributed by atoms with Crippen LogP contribution in [0.2, 0.25) is 0 Å². The molecule has 0 unspecified atom stereocenters. The molecule has 0 spiro atoms. The molecule has 1 saturated heterocycles. The van der Waals surface area contributed by atoms with Gasteiger partial charge in [-0.1, -0.05) is 30.0 Å². The maximum atomic E-state index is 12.6. The zero-order chi connectivity index (χ0) is 19.0. The van der Waals surface area contributed by atoms with Crippen LogP contribution in [0, 0.1) is 0 Å². The van der Waals surface area contributed by atoms with Gasteiger partial charge in [-0.25, -0.2) is 4.79 Å². The lowest BCUT2D eigenvalue weighted by molar-refractivity contribution is -0.113. The maximum Gasteiger partial charge on any atom is 0.339 e. The Bertz CT molecular complexity index is 985. The Hall–Kier alpha value is -3.04. The Kier molecular flexibility index (Phi) is 4.58. The number of carboxylic acid groups (broad SMARTS) is 1. The first kappa shape index (κ1) is 17.8.